The maximum Gasteiger partial charge on any atom is 0.269 e. The van der Waals surface area contributed by atoms with E-state index in [0.717, 1.165) is 12.1 Å². The van der Waals surface area contributed by atoms with E-state index in [1.165, 1.54) is 0 Å². The second-order valence-electron chi connectivity index (χ2n) is 4.80. The van der Waals surface area contributed by atoms with Crippen molar-refractivity contribution >= 4 is 39.1 Å². The molecule has 0 atom stereocenters. The molecule has 6 nitrogen and oxygen atoms in total. The van der Waals surface area contributed by atoms with Gasteiger partial charge >= 0.3 is 0 Å². The Kier molecular flexibility index (Phi) is 5.62. The molecule has 1 aromatic rings. The normalized spacial score (nSPS) is 16.5. The highest BCUT2D eigenvalue weighted by Gasteiger charge is 2.28. The quantitative estimate of drug-likeness (QED) is 0.553. The van der Waals surface area contributed by atoms with Crippen LogP contribution in [0.3, 0.4) is 0 Å². The van der Waals surface area contributed by atoms with E-state index >= 15 is 0 Å². The molecule has 1 aliphatic heterocycles. The molecule has 1 heterocycles. The second-order valence-corrected chi connectivity index (χ2v) is 7.60. The van der Waals surface area contributed by atoms with Crippen molar-refractivity contribution in [1.82, 2.24) is 15.6 Å². The predicted molar refractivity (Wildman–Crippen MR) is 81.8 cm³/mol. The van der Waals surface area contributed by atoms with Gasteiger partial charge in [-0.3, -0.25) is 10.2 Å². The molecule has 2 rings (SSSR count). The SMILES string of the molecule is O=C(NNS(=O)(=O)C1CCNCC1)c1cc(Cl)cc(Cl)c1F. The van der Waals surface area contributed by atoms with E-state index < -0.39 is 32.6 Å². The van der Waals surface area contributed by atoms with Crippen molar-refractivity contribution in [2.24, 2.45) is 0 Å². The van der Waals surface area contributed by atoms with E-state index in [1.54, 1.807) is 0 Å². The summed E-state index contributed by atoms with van der Waals surface area (Å²) in [6.07, 6.45) is 0.866. The summed E-state index contributed by atoms with van der Waals surface area (Å²) in [5.41, 5.74) is 1.54. The van der Waals surface area contributed by atoms with Crippen molar-refractivity contribution in [3.8, 4) is 0 Å². The van der Waals surface area contributed by atoms with Crippen molar-refractivity contribution in [2.75, 3.05) is 13.1 Å². The second kappa shape index (κ2) is 7.10. The van der Waals surface area contributed by atoms with Crippen molar-refractivity contribution in [2.45, 2.75) is 18.1 Å². The fraction of sp³-hybridized carbons (Fsp3) is 0.417. The van der Waals surface area contributed by atoms with Crippen LogP contribution in [0.2, 0.25) is 10.0 Å². The summed E-state index contributed by atoms with van der Waals surface area (Å²) in [6, 6.07) is 2.21. The molecule has 0 spiro atoms. The highest BCUT2D eigenvalue weighted by atomic mass is 35.5. The van der Waals surface area contributed by atoms with Crippen LogP contribution in [0.5, 0.6) is 0 Å². The van der Waals surface area contributed by atoms with Crippen LogP contribution in [0.1, 0.15) is 23.2 Å². The number of rotatable bonds is 4. The number of nitrogens with one attached hydrogen (secondary N) is 3. The summed E-state index contributed by atoms with van der Waals surface area (Å²) in [7, 11) is -3.73. The molecule has 1 fully saturated rings. The molecule has 1 amide bonds. The summed E-state index contributed by atoms with van der Waals surface area (Å²) >= 11 is 11.3. The lowest BCUT2D eigenvalue weighted by Gasteiger charge is -2.22. The summed E-state index contributed by atoms with van der Waals surface area (Å²) in [5.74, 6) is -1.94. The van der Waals surface area contributed by atoms with Crippen LogP contribution in [0.25, 0.3) is 0 Å². The molecule has 122 valence electrons. The van der Waals surface area contributed by atoms with Gasteiger partial charge in [0.25, 0.3) is 5.91 Å². The zero-order valence-corrected chi connectivity index (χ0v) is 13.7. The third kappa shape index (κ3) is 4.08. The Balaban J connectivity index is 2.06. The fourth-order valence-corrected chi connectivity index (χ4v) is 3.85. The van der Waals surface area contributed by atoms with Crippen LogP contribution >= 0.6 is 23.2 Å². The number of amides is 1. The van der Waals surface area contributed by atoms with Gasteiger partial charge in [-0.2, -0.15) is 0 Å². The maximum absolute atomic E-state index is 13.8. The number of hydrogen-bond donors (Lipinski definition) is 3. The largest absolute Gasteiger partial charge is 0.317 e. The zero-order chi connectivity index (χ0) is 16.3. The smallest absolute Gasteiger partial charge is 0.269 e. The van der Waals surface area contributed by atoms with E-state index in [0.29, 0.717) is 25.9 Å². The molecular weight excluding hydrogens is 356 g/mol. The average Bonchev–Trinajstić information content (AvgIpc) is 2.49. The van der Waals surface area contributed by atoms with Gasteiger partial charge in [0.05, 0.1) is 15.8 Å². The molecule has 1 aromatic carbocycles. The Morgan fingerprint density at radius 1 is 1.27 bits per heavy atom. The highest BCUT2D eigenvalue weighted by Crippen LogP contribution is 2.23. The molecule has 0 radical (unpaired) electrons. The number of piperidine rings is 1. The van der Waals surface area contributed by atoms with Crippen LogP contribution in [-0.4, -0.2) is 32.7 Å². The standard InChI is InChI=1S/C12H14Cl2FN3O3S/c13-7-5-9(11(15)10(14)6-7)12(19)17-18-22(20,21)8-1-3-16-4-2-8/h5-6,8,16,18H,1-4H2,(H,17,19). The van der Waals surface area contributed by atoms with Gasteiger partial charge in [0.1, 0.15) is 0 Å². The van der Waals surface area contributed by atoms with E-state index in [2.05, 4.69) is 5.32 Å². The molecule has 10 heteroatoms. The fourth-order valence-electron chi connectivity index (χ4n) is 2.10. The molecule has 0 saturated carbocycles. The molecule has 0 unspecified atom stereocenters. The third-order valence-corrected chi connectivity index (χ3v) is 5.50. The first-order valence-electron chi connectivity index (χ1n) is 6.47. The van der Waals surface area contributed by atoms with Crippen molar-refractivity contribution in [3.05, 3.63) is 33.6 Å². The minimum atomic E-state index is -3.73. The molecule has 1 aliphatic rings. The molecule has 0 bridgehead atoms. The first-order valence-corrected chi connectivity index (χ1v) is 8.77. The van der Waals surface area contributed by atoms with E-state index in [-0.39, 0.29) is 10.0 Å². The number of hydrogen-bond acceptors (Lipinski definition) is 4. The van der Waals surface area contributed by atoms with Crippen LogP contribution in [0, 0.1) is 5.82 Å². The summed E-state index contributed by atoms with van der Waals surface area (Å²) in [6.45, 7) is 1.16. The lowest BCUT2D eigenvalue weighted by Crippen LogP contribution is -2.48. The summed E-state index contributed by atoms with van der Waals surface area (Å²) < 4.78 is 37.9. The van der Waals surface area contributed by atoms with E-state index in [1.807, 2.05) is 10.3 Å². The van der Waals surface area contributed by atoms with Gasteiger partial charge in [-0.15, -0.1) is 4.83 Å². The van der Waals surface area contributed by atoms with E-state index in [9.17, 15) is 17.6 Å². The van der Waals surface area contributed by atoms with Crippen LogP contribution in [0.15, 0.2) is 12.1 Å². The molecular formula is C12H14Cl2FN3O3S. The van der Waals surface area contributed by atoms with Crippen molar-refractivity contribution < 1.29 is 17.6 Å². The third-order valence-electron chi connectivity index (χ3n) is 3.27. The van der Waals surface area contributed by atoms with Crippen LogP contribution < -0.4 is 15.6 Å². The Morgan fingerprint density at radius 3 is 2.55 bits per heavy atom. The monoisotopic (exact) mass is 369 g/mol. The molecule has 3 N–H and O–H groups in total. The van der Waals surface area contributed by atoms with Gasteiger partial charge in [-0.05, 0) is 38.1 Å². The first-order chi connectivity index (χ1) is 10.3. The Labute approximate surface area is 137 Å². The lowest BCUT2D eigenvalue weighted by atomic mass is 10.2. The van der Waals surface area contributed by atoms with Gasteiger partial charge in [-0.1, -0.05) is 23.2 Å². The predicted octanol–water partition coefficient (Wildman–Crippen LogP) is 1.45. The van der Waals surface area contributed by atoms with Crippen LogP contribution in [0.4, 0.5) is 4.39 Å². The van der Waals surface area contributed by atoms with Gasteiger partial charge in [-0.25, -0.2) is 12.8 Å². The molecule has 1 saturated heterocycles. The van der Waals surface area contributed by atoms with E-state index in [4.69, 9.17) is 23.2 Å². The summed E-state index contributed by atoms with van der Waals surface area (Å²) in [4.78, 5) is 13.9. The number of halogens is 3. The van der Waals surface area contributed by atoms with Crippen LogP contribution in [-0.2, 0) is 10.0 Å². The molecule has 0 aromatic heterocycles. The molecule has 22 heavy (non-hydrogen) atoms. The minimum Gasteiger partial charge on any atom is -0.317 e. The molecule has 0 aliphatic carbocycles. The number of carbonyl (C=O) groups excluding carboxylic acids is 1. The van der Waals surface area contributed by atoms with Crippen molar-refractivity contribution in [1.29, 1.82) is 0 Å². The Morgan fingerprint density at radius 2 is 1.91 bits per heavy atom. The average molecular weight is 370 g/mol. The van der Waals surface area contributed by atoms with Gasteiger partial charge in [0.2, 0.25) is 10.0 Å². The Bertz CT molecular complexity index is 678. The lowest BCUT2D eigenvalue weighted by molar-refractivity contribution is 0.0941. The van der Waals surface area contributed by atoms with Gasteiger partial charge in [0, 0.05) is 5.02 Å². The number of hydrazine groups is 1. The van der Waals surface area contributed by atoms with Crippen molar-refractivity contribution in [3.63, 3.8) is 0 Å². The Hall–Kier alpha value is -0.930. The highest BCUT2D eigenvalue weighted by molar-refractivity contribution is 7.90. The zero-order valence-electron chi connectivity index (χ0n) is 11.3. The number of benzene rings is 1. The topological polar surface area (TPSA) is 87.3 Å². The number of carbonyl (C=O) groups is 1. The van der Waals surface area contributed by atoms with Gasteiger partial charge in [0.15, 0.2) is 5.82 Å². The minimum absolute atomic E-state index is 0.0674. The number of sulfonamides is 1. The summed E-state index contributed by atoms with van der Waals surface area (Å²) in [5, 5.41) is 2.18. The maximum atomic E-state index is 13.8. The van der Waals surface area contributed by atoms with Gasteiger partial charge < -0.3 is 5.32 Å². The first kappa shape index (κ1) is 17.4.